The number of piperazine rings is 1. The van der Waals surface area contributed by atoms with Crippen molar-refractivity contribution in [2.75, 3.05) is 51.8 Å². The van der Waals surface area contributed by atoms with Gasteiger partial charge in [0.25, 0.3) is 17.7 Å². The van der Waals surface area contributed by atoms with Gasteiger partial charge in [-0.15, -0.1) is 0 Å². The van der Waals surface area contributed by atoms with Crippen molar-refractivity contribution in [3.8, 4) is 11.5 Å². The Hall–Kier alpha value is -4.90. The van der Waals surface area contributed by atoms with Gasteiger partial charge in [-0.05, 0) is 62.1 Å². The number of oxime groups is 1. The van der Waals surface area contributed by atoms with E-state index >= 15 is 0 Å². The number of hydrogen-bond acceptors (Lipinski definition) is 9. The highest BCUT2D eigenvalue weighted by Crippen LogP contribution is 2.40. The van der Waals surface area contributed by atoms with Crippen molar-refractivity contribution in [1.29, 1.82) is 0 Å². The number of ether oxygens (including phenoxy) is 2. The Labute approximate surface area is 281 Å². The zero-order valence-corrected chi connectivity index (χ0v) is 28.0. The van der Waals surface area contributed by atoms with Crippen LogP contribution in [0.15, 0.2) is 71.9 Å². The van der Waals surface area contributed by atoms with E-state index in [1.54, 1.807) is 26.4 Å². The highest BCUT2D eigenvalue weighted by atomic mass is 16.6. The summed E-state index contributed by atoms with van der Waals surface area (Å²) < 4.78 is 11.0. The summed E-state index contributed by atoms with van der Waals surface area (Å²) in [6.07, 6.45) is 1.27. The summed E-state index contributed by atoms with van der Waals surface area (Å²) in [5, 5.41) is 6.77. The standard InChI is InChI=1S/C37H43N5O6/c1-24-22-29(39-48-24)35(43)38-17-9-14-30(27-15-16-32(46-3)33(23-27)47-4)42-36(44)28-12-8-13-31(34(28)37(42)45)41-20-18-40(19-21-41)25(2)26-10-6-5-7-11-26/h5-8,10-13,15-16,23-25,30H,9,14,17-22H2,1-4H3,(H,38,43)/t24?,25-,30-/m1/s1. The molecule has 1 saturated heterocycles. The molecule has 252 valence electrons. The fourth-order valence-corrected chi connectivity index (χ4v) is 6.86. The normalized spacial score (nSPS) is 19.0. The summed E-state index contributed by atoms with van der Waals surface area (Å²) in [6, 6.07) is 21.1. The third-order valence-electron chi connectivity index (χ3n) is 9.54. The van der Waals surface area contributed by atoms with Gasteiger partial charge in [0.15, 0.2) is 11.5 Å². The number of carbonyl (C=O) groups is 3. The van der Waals surface area contributed by atoms with E-state index in [0.717, 1.165) is 37.4 Å². The van der Waals surface area contributed by atoms with E-state index in [9.17, 15) is 14.4 Å². The Morgan fingerprint density at radius 1 is 0.938 bits per heavy atom. The van der Waals surface area contributed by atoms with Gasteiger partial charge in [0.2, 0.25) is 0 Å². The molecule has 3 heterocycles. The van der Waals surface area contributed by atoms with E-state index < -0.39 is 6.04 Å². The Bertz CT molecular complexity index is 1690. The van der Waals surface area contributed by atoms with Crippen molar-refractivity contribution in [3.05, 3.63) is 89.0 Å². The summed E-state index contributed by atoms with van der Waals surface area (Å²) in [7, 11) is 3.11. The minimum absolute atomic E-state index is 0.124. The van der Waals surface area contributed by atoms with Crippen LogP contribution in [0.1, 0.15) is 77.0 Å². The van der Waals surface area contributed by atoms with E-state index in [-0.39, 0.29) is 29.9 Å². The number of rotatable bonds is 12. The number of anilines is 1. The second kappa shape index (κ2) is 14.5. The highest BCUT2D eigenvalue weighted by Gasteiger charge is 2.43. The van der Waals surface area contributed by atoms with E-state index in [1.807, 2.05) is 37.3 Å². The first-order chi connectivity index (χ1) is 23.3. The molecule has 3 aromatic rings. The maximum absolute atomic E-state index is 14.4. The van der Waals surface area contributed by atoms with Crippen LogP contribution in [0.25, 0.3) is 0 Å². The van der Waals surface area contributed by atoms with Crippen LogP contribution in [0.4, 0.5) is 5.69 Å². The molecular formula is C37H43N5O6. The van der Waals surface area contributed by atoms with E-state index in [4.69, 9.17) is 14.3 Å². The van der Waals surface area contributed by atoms with Crippen LogP contribution in [0.3, 0.4) is 0 Å². The zero-order valence-electron chi connectivity index (χ0n) is 28.0. The van der Waals surface area contributed by atoms with Gasteiger partial charge in [0, 0.05) is 45.2 Å². The molecule has 0 aromatic heterocycles. The molecule has 0 bridgehead atoms. The number of amides is 3. The maximum Gasteiger partial charge on any atom is 0.269 e. The average molecular weight is 654 g/mol. The molecular weight excluding hydrogens is 610 g/mol. The van der Waals surface area contributed by atoms with Gasteiger partial charge < -0.3 is 24.5 Å². The van der Waals surface area contributed by atoms with Crippen molar-refractivity contribution in [2.45, 2.75) is 51.3 Å². The van der Waals surface area contributed by atoms with E-state index in [1.165, 1.54) is 10.5 Å². The minimum Gasteiger partial charge on any atom is -0.493 e. The molecule has 6 rings (SSSR count). The molecule has 0 radical (unpaired) electrons. The average Bonchev–Trinajstić information content (AvgIpc) is 3.68. The molecule has 0 saturated carbocycles. The first-order valence-corrected chi connectivity index (χ1v) is 16.6. The second-order valence-electron chi connectivity index (χ2n) is 12.5. The van der Waals surface area contributed by atoms with Crippen molar-refractivity contribution in [1.82, 2.24) is 15.1 Å². The van der Waals surface area contributed by atoms with Crippen LogP contribution in [-0.4, -0.2) is 86.3 Å². The Kier molecular flexibility index (Phi) is 9.95. The third-order valence-corrected chi connectivity index (χ3v) is 9.54. The number of hydrogen-bond donors (Lipinski definition) is 1. The van der Waals surface area contributed by atoms with Gasteiger partial charge in [-0.1, -0.05) is 47.6 Å². The second-order valence-corrected chi connectivity index (χ2v) is 12.5. The predicted octanol–water partition coefficient (Wildman–Crippen LogP) is 4.99. The van der Waals surface area contributed by atoms with Gasteiger partial charge in [-0.3, -0.25) is 24.2 Å². The van der Waals surface area contributed by atoms with Gasteiger partial charge >= 0.3 is 0 Å². The Balaban J connectivity index is 1.21. The predicted molar refractivity (Wildman–Crippen MR) is 183 cm³/mol. The molecule has 11 heteroatoms. The third kappa shape index (κ3) is 6.60. The Morgan fingerprint density at radius 2 is 1.69 bits per heavy atom. The number of imide groups is 1. The van der Waals surface area contributed by atoms with Crippen LogP contribution < -0.4 is 19.7 Å². The lowest BCUT2D eigenvalue weighted by atomic mass is 9.99. The van der Waals surface area contributed by atoms with Crippen molar-refractivity contribution in [3.63, 3.8) is 0 Å². The SMILES string of the molecule is COc1ccc([C@@H](CCCNC(=O)C2=NOC(C)C2)N2C(=O)c3cccc(N4CCN([C@H](C)c5ccccc5)CC4)c3C2=O)cc1OC. The lowest BCUT2D eigenvalue weighted by Gasteiger charge is -2.39. The molecule has 3 amide bonds. The molecule has 1 fully saturated rings. The zero-order chi connectivity index (χ0) is 33.8. The van der Waals surface area contributed by atoms with Gasteiger partial charge in [0.1, 0.15) is 11.8 Å². The molecule has 3 aromatic carbocycles. The first-order valence-electron chi connectivity index (χ1n) is 16.6. The lowest BCUT2D eigenvalue weighted by Crippen LogP contribution is -2.47. The van der Waals surface area contributed by atoms with Crippen LogP contribution >= 0.6 is 0 Å². The molecule has 3 aliphatic rings. The van der Waals surface area contributed by atoms with Gasteiger partial charge in [0.05, 0.1) is 37.1 Å². The van der Waals surface area contributed by atoms with Crippen molar-refractivity contribution >= 4 is 29.1 Å². The van der Waals surface area contributed by atoms with E-state index in [2.05, 4.69) is 51.5 Å². The molecule has 0 spiro atoms. The molecule has 0 aliphatic carbocycles. The van der Waals surface area contributed by atoms with Crippen LogP contribution in [0, 0.1) is 0 Å². The molecule has 1 unspecified atom stereocenters. The quantitative estimate of drug-likeness (QED) is 0.215. The summed E-state index contributed by atoms with van der Waals surface area (Å²) in [5.41, 5.74) is 4.01. The van der Waals surface area contributed by atoms with Crippen LogP contribution in [0.2, 0.25) is 0 Å². The fraction of sp³-hybridized carbons (Fsp3) is 0.405. The summed E-state index contributed by atoms with van der Waals surface area (Å²) in [4.78, 5) is 52.3. The van der Waals surface area contributed by atoms with E-state index in [0.29, 0.717) is 54.1 Å². The molecule has 1 N–H and O–H groups in total. The monoisotopic (exact) mass is 653 g/mol. The largest absolute Gasteiger partial charge is 0.493 e. The number of carbonyl (C=O) groups excluding carboxylic acids is 3. The van der Waals surface area contributed by atoms with Crippen LogP contribution in [-0.2, 0) is 9.63 Å². The Morgan fingerprint density at radius 3 is 2.38 bits per heavy atom. The molecule has 48 heavy (non-hydrogen) atoms. The topological polar surface area (TPSA) is 113 Å². The molecule has 3 atom stereocenters. The number of methoxy groups -OCH3 is 2. The van der Waals surface area contributed by atoms with Crippen LogP contribution in [0.5, 0.6) is 11.5 Å². The maximum atomic E-state index is 14.4. The fourth-order valence-electron chi connectivity index (χ4n) is 6.86. The number of nitrogens with one attached hydrogen (secondary N) is 1. The van der Waals surface area contributed by atoms with Crippen molar-refractivity contribution in [2.24, 2.45) is 5.16 Å². The smallest absolute Gasteiger partial charge is 0.269 e. The number of benzene rings is 3. The molecule has 11 nitrogen and oxygen atoms in total. The van der Waals surface area contributed by atoms with Gasteiger partial charge in [-0.2, -0.15) is 0 Å². The van der Waals surface area contributed by atoms with Crippen molar-refractivity contribution < 1.29 is 28.7 Å². The highest BCUT2D eigenvalue weighted by molar-refractivity contribution is 6.39. The lowest BCUT2D eigenvalue weighted by molar-refractivity contribution is -0.114. The first kappa shape index (κ1) is 33.0. The van der Waals surface area contributed by atoms with Gasteiger partial charge in [-0.25, -0.2) is 0 Å². The summed E-state index contributed by atoms with van der Waals surface area (Å²) >= 11 is 0. The summed E-state index contributed by atoms with van der Waals surface area (Å²) in [5.74, 6) is 0.128. The number of nitrogens with zero attached hydrogens (tertiary/aromatic N) is 4. The molecule has 3 aliphatic heterocycles. The number of fused-ring (bicyclic) bond motifs is 1. The summed E-state index contributed by atoms with van der Waals surface area (Å²) in [6.45, 7) is 7.58. The minimum atomic E-state index is -0.599.